The molecule has 0 bridgehead atoms. The van der Waals surface area contributed by atoms with Crippen molar-refractivity contribution in [1.29, 1.82) is 0 Å². The third-order valence-corrected chi connectivity index (χ3v) is 4.91. The summed E-state index contributed by atoms with van der Waals surface area (Å²) in [4.78, 5) is -0.0863. The second-order valence-electron chi connectivity index (χ2n) is 6.34. The quantitative estimate of drug-likeness (QED) is 0.711. The van der Waals surface area contributed by atoms with Gasteiger partial charge in [-0.15, -0.1) is 0 Å². The standard InChI is InChI=1S/C18H21ClO4S/c1-5-22-16-11-8-14(19)12-17(16)24(20,21)23-15-9-6-13(7-10-15)18(2,3)4/h6-12H,5H2,1-4H3. The molecule has 0 aromatic heterocycles. The molecule has 24 heavy (non-hydrogen) atoms. The minimum Gasteiger partial charge on any atom is -0.492 e. The lowest BCUT2D eigenvalue weighted by Crippen LogP contribution is -2.13. The highest BCUT2D eigenvalue weighted by atomic mass is 35.5. The maximum Gasteiger partial charge on any atom is 0.342 e. The molecule has 6 heteroatoms. The van der Waals surface area contributed by atoms with Crippen LogP contribution in [-0.2, 0) is 15.5 Å². The Kier molecular flexibility index (Phi) is 5.45. The summed E-state index contributed by atoms with van der Waals surface area (Å²) >= 11 is 5.92. The summed E-state index contributed by atoms with van der Waals surface area (Å²) in [5.41, 5.74) is 1.07. The molecular formula is C18H21ClO4S. The molecule has 0 N–H and O–H groups in total. The topological polar surface area (TPSA) is 52.6 Å². The summed E-state index contributed by atoms with van der Waals surface area (Å²) in [6, 6.07) is 11.4. The Labute approximate surface area is 148 Å². The van der Waals surface area contributed by atoms with E-state index in [0.29, 0.717) is 11.6 Å². The fourth-order valence-electron chi connectivity index (χ4n) is 2.13. The van der Waals surface area contributed by atoms with E-state index in [2.05, 4.69) is 20.8 Å². The minimum absolute atomic E-state index is 0.0213. The molecule has 0 atom stereocenters. The Hall–Kier alpha value is -1.72. The van der Waals surface area contributed by atoms with Crippen molar-refractivity contribution in [3.8, 4) is 11.5 Å². The van der Waals surface area contributed by atoms with Crippen molar-refractivity contribution in [3.05, 3.63) is 53.1 Å². The van der Waals surface area contributed by atoms with Crippen molar-refractivity contribution < 1.29 is 17.3 Å². The molecule has 0 amide bonds. The average molecular weight is 369 g/mol. The van der Waals surface area contributed by atoms with Crippen LogP contribution in [0.1, 0.15) is 33.3 Å². The summed E-state index contributed by atoms with van der Waals surface area (Å²) < 4.78 is 35.7. The normalized spacial score (nSPS) is 12.0. The minimum atomic E-state index is -4.05. The van der Waals surface area contributed by atoms with E-state index < -0.39 is 10.1 Å². The lowest BCUT2D eigenvalue weighted by atomic mass is 9.87. The fraction of sp³-hybridized carbons (Fsp3) is 0.333. The number of halogens is 1. The first-order chi connectivity index (χ1) is 11.1. The van der Waals surface area contributed by atoms with Crippen molar-refractivity contribution in [2.24, 2.45) is 0 Å². The molecule has 0 aliphatic rings. The second kappa shape index (κ2) is 7.03. The van der Waals surface area contributed by atoms with Gasteiger partial charge in [0.1, 0.15) is 16.4 Å². The molecule has 0 radical (unpaired) electrons. The van der Waals surface area contributed by atoms with Gasteiger partial charge in [0.15, 0.2) is 0 Å². The SMILES string of the molecule is CCOc1ccc(Cl)cc1S(=O)(=O)Oc1ccc(C(C)(C)C)cc1. The van der Waals surface area contributed by atoms with Crippen LogP contribution >= 0.6 is 11.6 Å². The second-order valence-corrected chi connectivity index (χ2v) is 8.29. The van der Waals surface area contributed by atoms with E-state index in [1.165, 1.54) is 12.1 Å². The van der Waals surface area contributed by atoms with Gasteiger partial charge in [0.25, 0.3) is 0 Å². The highest BCUT2D eigenvalue weighted by Crippen LogP contribution is 2.31. The smallest absolute Gasteiger partial charge is 0.342 e. The van der Waals surface area contributed by atoms with Crippen LogP contribution in [0.15, 0.2) is 47.4 Å². The van der Waals surface area contributed by atoms with E-state index in [0.717, 1.165) is 5.56 Å². The zero-order valence-electron chi connectivity index (χ0n) is 14.2. The van der Waals surface area contributed by atoms with Crippen LogP contribution in [0.5, 0.6) is 11.5 Å². The van der Waals surface area contributed by atoms with Crippen molar-refractivity contribution in [2.75, 3.05) is 6.61 Å². The number of rotatable bonds is 5. The zero-order valence-corrected chi connectivity index (χ0v) is 15.7. The van der Waals surface area contributed by atoms with Crippen LogP contribution in [0, 0.1) is 0 Å². The highest BCUT2D eigenvalue weighted by molar-refractivity contribution is 7.87. The van der Waals surface area contributed by atoms with E-state index in [4.69, 9.17) is 20.5 Å². The van der Waals surface area contributed by atoms with Gasteiger partial charge in [-0.2, -0.15) is 8.42 Å². The largest absolute Gasteiger partial charge is 0.492 e. The van der Waals surface area contributed by atoms with Gasteiger partial charge < -0.3 is 8.92 Å². The summed E-state index contributed by atoms with van der Waals surface area (Å²) in [6.07, 6.45) is 0. The maximum atomic E-state index is 12.6. The Balaban J connectivity index is 2.33. The Bertz CT molecular complexity index is 806. The number of benzene rings is 2. The first kappa shape index (κ1) is 18.6. The third-order valence-electron chi connectivity index (χ3n) is 3.40. The number of hydrogen-bond acceptors (Lipinski definition) is 4. The lowest BCUT2D eigenvalue weighted by molar-refractivity contribution is 0.329. The molecule has 130 valence electrons. The summed E-state index contributed by atoms with van der Waals surface area (Å²) in [6.45, 7) is 8.36. The maximum absolute atomic E-state index is 12.6. The Morgan fingerprint density at radius 2 is 1.67 bits per heavy atom. The van der Waals surface area contributed by atoms with Gasteiger partial charge in [-0.25, -0.2) is 0 Å². The van der Waals surface area contributed by atoms with Crippen LogP contribution in [0.25, 0.3) is 0 Å². The van der Waals surface area contributed by atoms with Crippen molar-refractivity contribution in [1.82, 2.24) is 0 Å². The molecule has 0 spiro atoms. The van der Waals surface area contributed by atoms with Gasteiger partial charge in [-0.1, -0.05) is 44.5 Å². The van der Waals surface area contributed by atoms with Gasteiger partial charge in [-0.05, 0) is 48.2 Å². The average Bonchev–Trinajstić information content (AvgIpc) is 2.48. The van der Waals surface area contributed by atoms with Gasteiger partial charge in [0, 0.05) is 5.02 Å². The lowest BCUT2D eigenvalue weighted by Gasteiger charge is -2.19. The van der Waals surface area contributed by atoms with Gasteiger partial charge in [-0.3, -0.25) is 0 Å². The Morgan fingerprint density at radius 3 is 2.21 bits per heavy atom. The van der Waals surface area contributed by atoms with Crippen LogP contribution in [-0.4, -0.2) is 15.0 Å². The van der Waals surface area contributed by atoms with Crippen LogP contribution in [0.3, 0.4) is 0 Å². The molecular weight excluding hydrogens is 348 g/mol. The van der Waals surface area contributed by atoms with E-state index in [-0.39, 0.29) is 21.8 Å². The predicted octanol–water partition coefficient (Wildman–Crippen LogP) is 4.80. The summed E-state index contributed by atoms with van der Waals surface area (Å²) in [5.74, 6) is 0.457. The van der Waals surface area contributed by atoms with E-state index in [1.54, 1.807) is 25.1 Å². The van der Waals surface area contributed by atoms with Crippen LogP contribution in [0.2, 0.25) is 5.02 Å². The fourth-order valence-corrected chi connectivity index (χ4v) is 3.47. The Morgan fingerprint density at radius 1 is 1.04 bits per heavy atom. The predicted molar refractivity (Wildman–Crippen MR) is 95.6 cm³/mol. The van der Waals surface area contributed by atoms with E-state index >= 15 is 0 Å². The zero-order chi connectivity index (χ0) is 18.0. The summed E-state index contributed by atoms with van der Waals surface area (Å²) in [7, 11) is -4.05. The van der Waals surface area contributed by atoms with Gasteiger partial charge in [0.2, 0.25) is 0 Å². The van der Waals surface area contributed by atoms with Crippen LogP contribution in [0.4, 0.5) is 0 Å². The molecule has 0 fully saturated rings. The van der Waals surface area contributed by atoms with Gasteiger partial charge >= 0.3 is 10.1 Å². The number of hydrogen-bond donors (Lipinski definition) is 0. The molecule has 0 saturated heterocycles. The van der Waals surface area contributed by atoms with Crippen molar-refractivity contribution in [2.45, 2.75) is 38.0 Å². The summed E-state index contributed by atoms with van der Waals surface area (Å²) in [5, 5.41) is 0.295. The third kappa shape index (κ3) is 4.42. The molecule has 0 aliphatic carbocycles. The molecule has 0 heterocycles. The molecule has 2 aromatic carbocycles. The van der Waals surface area contributed by atoms with Crippen LogP contribution < -0.4 is 8.92 Å². The van der Waals surface area contributed by atoms with Crippen molar-refractivity contribution >= 4 is 21.7 Å². The number of ether oxygens (including phenoxy) is 1. The molecule has 0 aliphatic heterocycles. The highest BCUT2D eigenvalue weighted by Gasteiger charge is 2.23. The van der Waals surface area contributed by atoms with Gasteiger partial charge in [0.05, 0.1) is 6.61 Å². The first-order valence-corrected chi connectivity index (χ1v) is 9.39. The molecule has 0 unspecified atom stereocenters. The molecule has 4 nitrogen and oxygen atoms in total. The van der Waals surface area contributed by atoms with Crippen molar-refractivity contribution in [3.63, 3.8) is 0 Å². The van der Waals surface area contributed by atoms with E-state index in [1.807, 2.05) is 12.1 Å². The monoisotopic (exact) mass is 368 g/mol. The molecule has 2 aromatic rings. The molecule has 2 rings (SSSR count). The first-order valence-electron chi connectivity index (χ1n) is 7.61. The molecule has 0 saturated carbocycles. The van der Waals surface area contributed by atoms with E-state index in [9.17, 15) is 8.42 Å².